The maximum absolute atomic E-state index is 13.3. The molecular weight excluding hydrogens is 410 g/mol. The van der Waals surface area contributed by atoms with Crippen molar-refractivity contribution in [3.63, 3.8) is 0 Å². The number of likely N-dealkylation sites (N-methyl/N-ethyl adjacent to an activating group) is 1. The normalized spacial score (nSPS) is 23.8. The molecule has 1 saturated carbocycles. The third-order valence-corrected chi connectivity index (χ3v) is 8.02. The Morgan fingerprint density at radius 2 is 1.61 bits per heavy atom. The lowest BCUT2D eigenvalue weighted by atomic mass is 9.80. The molecular formula is C28H37N3O2. The van der Waals surface area contributed by atoms with Gasteiger partial charge in [-0.15, -0.1) is 0 Å². The predicted octanol–water partition coefficient (Wildman–Crippen LogP) is 4.19. The molecule has 2 aromatic carbocycles. The zero-order valence-electron chi connectivity index (χ0n) is 19.9. The van der Waals surface area contributed by atoms with Gasteiger partial charge in [-0.05, 0) is 62.1 Å². The van der Waals surface area contributed by atoms with E-state index in [0.29, 0.717) is 0 Å². The smallest absolute Gasteiger partial charge is 0.230 e. The highest BCUT2D eigenvalue weighted by Gasteiger charge is 2.35. The van der Waals surface area contributed by atoms with E-state index < -0.39 is 5.60 Å². The molecule has 0 aromatic heterocycles. The number of hydrogen-bond donors (Lipinski definition) is 1. The first kappa shape index (κ1) is 22.4. The number of rotatable bonds is 5. The summed E-state index contributed by atoms with van der Waals surface area (Å²) in [6, 6.07) is 16.7. The number of aliphatic hydroxyl groups is 1. The fourth-order valence-corrected chi connectivity index (χ4v) is 5.87. The Morgan fingerprint density at radius 1 is 0.909 bits per heavy atom. The van der Waals surface area contributed by atoms with Crippen molar-refractivity contribution in [2.45, 2.75) is 50.5 Å². The SMILES string of the molecule is CN1CCN(c2ccccc2C[C@@H]2CCN(c3ccc(C4(O)CCCCC4)cc3)C2=O)CC1. The lowest BCUT2D eigenvalue weighted by Crippen LogP contribution is -2.44. The van der Waals surface area contributed by atoms with Crippen molar-refractivity contribution in [1.29, 1.82) is 0 Å². The topological polar surface area (TPSA) is 47.0 Å². The number of nitrogens with zero attached hydrogens (tertiary/aromatic N) is 3. The zero-order valence-corrected chi connectivity index (χ0v) is 19.9. The molecule has 1 amide bonds. The molecule has 5 heteroatoms. The molecule has 1 N–H and O–H groups in total. The van der Waals surface area contributed by atoms with Gasteiger partial charge in [0.1, 0.15) is 0 Å². The van der Waals surface area contributed by atoms with Crippen LogP contribution in [0.1, 0.15) is 49.7 Å². The van der Waals surface area contributed by atoms with Crippen LogP contribution < -0.4 is 9.80 Å². The Hall–Kier alpha value is -2.37. The average Bonchev–Trinajstić information content (AvgIpc) is 3.20. The second-order valence-corrected chi connectivity index (χ2v) is 10.2. The minimum Gasteiger partial charge on any atom is -0.385 e. The summed E-state index contributed by atoms with van der Waals surface area (Å²) < 4.78 is 0. The zero-order chi connectivity index (χ0) is 22.8. The van der Waals surface area contributed by atoms with E-state index in [2.05, 4.69) is 41.1 Å². The first-order chi connectivity index (χ1) is 16.0. The molecule has 2 aliphatic heterocycles. The summed E-state index contributed by atoms with van der Waals surface area (Å²) in [7, 11) is 2.18. The summed E-state index contributed by atoms with van der Waals surface area (Å²) in [4.78, 5) is 20.1. The van der Waals surface area contributed by atoms with E-state index in [0.717, 1.165) is 82.5 Å². The van der Waals surface area contributed by atoms with Crippen LogP contribution in [0.3, 0.4) is 0 Å². The summed E-state index contributed by atoms with van der Waals surface area (Å²) >= 11 is 0. The molecule has 5 nitrogen and oxygen atoms in total. The molecule has 1 aliphatic carbocycles. The van der Waals surface area contributed by atoms with Crippen LogP contribution >= 0.6 is 0 Å². The van der Waals surface area contributed by atoms with Crippen molar-refractivity contribution < 1.29 is 9.90 Å². The highest BCUT2D eigenvalue weighted by molar-refractivity contribution is 5.97. The molecule has 3 aliphatic rings. The number of carbonyl (C=O) groups is 1. The Labute approximate surface area is 198 Å². The second kappa shape index (κ2) is 9.47. The highest BCUT2D eigenvalue weighted by atomic mass is 16.3. The second-order valence-electron chi connectivity index (χ2n) is 10.2. The number of anilines is 2. The van der Waals surface area contributed by atoms with Crippen molar-refractivity contribution >= 4 is 17.3 Å². The molecule has 0 spiro atoms. The van der Waals surface area contributed by atoms with Crippen molar-refractivity contribution in [1.82, 2.24) is 4.90 Å². The largest absolute Gasteiger partial charge is 0.385 e. The van der Waals surface area contributed by atoms with Crippen LogP contribution in [0.5, 0.6) is 0 Å². The average molecular weight is 448 g/mol. The summed E-state index contributed by atoms with van der Waals surface area (Å²) in [6.45, 7) is 5.00. The van der Waals surface area contributed by atoms with Gasteiger partial charge >= 0.3 is 0 Å². The molecule has 0 bridgehead atoms. The summed E-state index contributed by atoms with van der Waals surface area (Å²) in [6.07, 6.45) is 6.74. The summed E-state index contributed by atoms with van der Waals surface area (Å²) in [5.41, 5.74) is 3.84. The number of amides is 1. The van der Waals surface area contributed by atoms with Crippen LogP contribution in [0.2, 0.25) is 0 Å². The van der Waals surface area contributed by atoms with Crippen LogP contribution in [0.4, 0.5) is 11.4 Å². The molecule has 2 aromatic rings. The van der Waals surface area contributed by atoms with Gasteiger partial charge in [-0.3, -0.25) is 4.79 Å². The third kappa shape index (κ3) is 4.67. The Bertz CT molecular complexity index is 959. The van der Waals surface area contributed by atoms with E-state index in [1.165, 1.54) is 17.7 Å². The Balaban J connectivity index is 1.27. The van der Waals surface area contributed by atoms with Crippen molar-refractivity contribution in [2.24, 2.45) is 5.92 Å². The number of para-hydroxylation sites is 1. The van der Waals surface area contributed by atoms with E-state index in [1.54, 1.807) is 0 Å². The molecule has 0 radical (unpaired) electrons. The van der Waals surface area contributed by atoms with Crippen LogP contribution in [0, 0.1) is 5.92 Å². The van der Waals surface area contributed by atoms with Crippen molar-refractivity contribution in [3.8, 4) is 0 Å². The minimum atomic E-state index is -0.693. The van der Waals surface area contributed by atoms with Gasteiger partial charge in [-0.1, -0.05) is 49.6 Å². The number of piperazine rings is 1. The fraction of sp³-hybridized carbons (Fsp3) is 0.536. The first-order valence-corrected chi connectivity index (χ1v) is 12.7. The monoisotopic (exact) mass is 447 g/mol. The number of hydrogen-bond acceptors (Lipinski definition) is 4. The van der Waals surface area contributed by atoms with Gasteiger partial charge in [0.25, 0.3) is 0 Å². The lowest BCUT2D eigenvalue weighted by molar-refractivity contribution is -0.120. The molecule has 0 unspecified atom stereocenters. The fourth-order valence-electron chi connectivity index (χ4n) is 5.87. The molecule has 2 saturated heterocycles. The van der Waals surface area contributed by atoms with Crippen molar-refractivity contribution in [3.05, 3.63) is 59.7 Å². The van der Waals surface area contributed by atoms with Gasteiger partial charge in [-0.2, -0.15) is 0 Å². The summed E-state index contributed by atoms with van der Waals surface area (Å²) in [5.74, 6) is 0.258. The molecule has 5 rings (SSSR count). The molecule has 33 heavy (non-hydrogen) atoms. The van der Waals surface area contributed by atoms with E-state index in [-0.39, 0.29) is 11.8 Å². The standard InChI is InChI=1S/C28H37N3O2/c1-29-17-19-30(20-18-29)26-8-4-3-7-22(26)21-23-13-16-31(27(23)32)25-11-9-24(10-12-25)28(33)14-5-2-6-15-28/h3-4,7-12,23,33H,2,5-6,13-21H2,1H3/t23-/m0/s1. The van der Waals surface area contributed by atoms with Crippen LogP contribution in [0.25, 0.3) is 0 Å². The maximum atomic E-state index is 13.3. The quantitative estimate of drug-likeness (QED) is 0.747. The summed E-state index contributed by atoms with van der Waals surface area (Å²) in [5, 5.41) is 11.0. The van der Waals surface area contributed by atoms with Crippen molar-refractivity contribution in [2.75, 3.05) is 49.6 Å². The molecule has 3 fully saturated rings. The van der Waals surface area contributed by atoms with Gasteiger partial charge in [0.05, 0.1) is 5.60 Å². The van der Waals surface area contributed by atoms with Gasteiger partial charge in [-0.25, -0.2) is 0 Å². The molecule has 176 valence electrons. The number of benzene rings is 2. The van der Waals surface area contributed by atoms with E-state index in [1.807, 2.05) is 29.2 Å². The van der Waals surface area contributed by atoms with E-state index in [9.17, 15) is 9.90 Å². The van der Waals surface area contributed by atoms with Crippen LogP contribution in [0.15, 0.2) is 48.5 Å². The number of carbonyl (C=O) groups excluding carboxylic acids is 1. The minimum absolute atomic E-state index is 0.0285. The van der Waals surface area contributed by atoms with Gasteiger partial charge in [0.15, 0.2) is 0 Å². The van der Waals surface area contributed by atoms with Gasteiger partial charge in [0.2, 0.25) is 5.91 Å². The molecule has 2 heterocycles. The van der Waals surface area contributed by atoms with Gasteiger partial charge < -0.3 is 19.8 Å². The maximum Gasteiger partial charge on any atom is 0.230 e. The van der Waals surface area contributed by atoms with Crippen LogP contribution in [-0.2, 0) is 16.8 Å². The highest BCUT2D eigenvalue weighted by Crippen LogP contribution is 2.38. The van der Waals surface area contributed by atoms with E-state index >= 15 is 0 Å². The third-order valence-electron chi connectivity index (χ3n) is 8.02. The Morgan fingerprint density at radius 3 is 2.33 bits per heavy atom. The van der Waals surface area contributed by atoms with Crippen LogP contribution in [-0.4, -0.2) is 55.7 Å². The van der Waals surface area contributed by atoms with E-state index in [4.69, 9.17) is 0 Å². The first-order valence-electron chi connectivity index (χ1n) is 12.7. The lowest BCUT2D eigenvalue weighted by Gasteiger charge is -2.35. The molecule has 1 atom stereocenters. The Kier molecular flexibility index (Phi) is 6.44. The van der Waals surface area contributed by atoms with Gasteiger partial charge in [0, 0.05) is 50.0 Å². The predicted molar refractivity (Wildman–Crippen MR) is 134 cm³/mol.